The van der Waals surface area contributed by atoms with Crippen LogP contribution in [0.1, 0.15) is 35.2 Å². The molecule has 4 N–H and O–H groups in total. The average molecular weight is 433 g/mol. The zero-order valence-corrected chi connectivity index (χ0v) is 18.1. The van der Waals surface area contributed by atoms with Gasteiger partial charge in [-0.15, -0.1) is 12.4 Å². The fraction of sp³-hybridized carbons (Fsp3) is 0.364. The molecule has 2 aromatic carbocycles. The van der Waals surface area contributed by atoms with E-state index in [2.05, 4.69) is 10.6 Å². The van der Waals surface area contributed by atoms with Crippen molar-refractivity contribution in [3.05, 3.63) is 65.2 Å². The van der Waals surface area contributed by atoms with Crippen LogP contribution in [0.2, 0.25) is 0 Å². The first kappa shape index (κ1) is 23.5. The van der Waals surface area contributed by atoms with Crippen molar-refractivity contribution >= 4 is 24.3 Å². The Labute approximate surface area is 183 Å². The van der Waals surface area contributed by atoms with Crippen LogP contribution in [0, 0.1) is 6.92 Å². The molecule has 8 heteroatoms. The monoisotopic (exact) mass is 432 g/mol. The molecule has 0 aliphatic carbocycles. The summed E-state index contributed by atoms with van der Waals surface area (Å²) in [6.45, 7) is 3.90. The van der Waals surface area contributed by atoms with Crippen LogP contribution in [-0.2, 0) is 4.79 Å². The minimum absolute atomic E-state index is 0. The number of nitrogens with two attached hydrogens (primary N) is 1. The number of methoxy groups -OCH3 is 1. The van der Waals surface area contributed by atoms with Crippen molar-refractivity contribution in [3.8, 4) is 5.75 Å². The van der Waals surface area contributed by atoms with Gasteiger partial charge < -0.3 is 26.0 Å². The Morgan fingerprint density at radius 3 is 2.63 bits per heavy atom. The first-order valence-corrected chi connectivity index (χ1v) is 9.76. The summed E-state index contributed by atoms with van der Waals surface area (Å²) in [4.78, 5) is 26.8. The van der Waals surface area contributed by atoms with Gasteiger partial charge in [0.05, 0.1) is 25.6 Å². The van der Waals surface area contributed by atoms with Crippen molar-refractivity contribution in [1.29, 1.82) is 0 Å². The van der Waals surface area contributed by atoms with E-state index in [4.69, 9.17) is 10.5 Å². The lowest BCUT2D eigenvalue weighted by atomic mass is 9.96. The first-order chi connectivity index (χ1) is 14.0. The summed E-state index contributed by atoms with van der Waals surface area (Å²) in [5.41, 5.74) is 8.25. The van der Waals surface area contributed by atoms with Gasteiger partial charge in [-0.1, -0.05) is 42.5 Å². The number of nitrogens with one attached hydrogen (secondary N) is 2. The molecule has 2 unspecified atom stereocenters. The van der Waals surface area contributed by atoms with E-state index < -0.39 is 12.1 Å². The van der Waals surface area contributed by atoms with E-state index >= 15 is 0 Å². The van der Waals surface area contributed by atoms with E-state index in [1.807, 2.05) is 60.4 Å². The lowest BCUT2D eigenvalue weighted by Gasteiger charge is -2.38. The number of aryl methyl sites for hydroxylation is 1. The maximum Gasteiger partial charge on any atom is 0.312 e. The molecule has 2 aromatic rings. The summed E-state index contributed by atoms with van der Waals surface area (Å²) in [5, 5.41) is 6.09. The van der Waals surface area contributed by atoms with Gasteiger partial charge >= 0.3 is 6.03 Å². The zero-order valence-electron chi connectivity index (χ0n) is 17.3. The number of carbonyl (C=O) groups excluding carboxylic acids is 2. The number of nitrogens with zero attached hydrogens (tertiary/aromatic N) is 1. The Morgan fingerprint density at radius 2 is 1.93 bits per heavy atom. The summed E-state index contributed by atoms with van der Waals surface area (Å²) < 4.78 is 5.51. The minimum Gasteiger partial charge on any atom is -0.496 e. The third-order valence-electron chi connectivity index (χ3n) is 5.32. The van der Waals surface area contributed by atoms with Gasteiger partial charge in [-0.05, 0) is 24.1 Å². The SMILES string of the molecule is COc1ccccc1C1CNCCN1C(=O)CC(NC(N)=O)c1ccccc1C.Cl. The number of para-hydroxylation sites is 1. The van der Waals surface area contributed by atoms with Crippen molar-refractivity contribution in [2.24, 2.45) is 5.73 Å². The van der Waals surface area contributed by atoms with Gasteiger partial charge in [-0.2, -0.15) is 0 Å². The molecule has 1 fully saturated rings. The highest BCUT2D eigenvalue weighted by Crippen LogP contribution is 2.31. The number of piperazine rings is 1. The second-order valence-corrected chi connectivity index (χ2v) is 7.17. The maximum absolute atomic E-state index is 13.3. The number of amides is 3. The average Bonchev–Trinajstić information content (AvgIpc) is 2.73. The molecule has 1 heterocycles. The number of hydrogen-bond acceptors (Lipinski definition) is 4. The van der Waals surface area contributed by atoms with E-state index in [1.54, 1.807) is 7.11 Å². The molecule has 3 amide bonds. The number of hydrogen-bond donors (Lipinski definition) is 3. The summed E-state index contributed by atoms with van der Waals surface area (Å²) in [6, 6.07) is 14.2. The number of carbonyl (C=O) groups is 2. The molecular formula is C22H29ClN4O3. The first-order valence-electron chi connectivity index (χ1n) is 9.76. The van der Waals surface area contributed by atoms with Crippen LogP contribution in [0.15, 0.2) is 48.5 Å². The molecule has 0 aromatic heterocycles. The van der Waals surface area contributed by atoms with Crippen LogP contribution in [0.5, 0.6) is 5.75 Å². The van der Waals surface area contributed by atoms with E-state index in [-0.39, 0.29) is 30.8 Å². The Kier molecular flexibility index (Phi) is 8.50. The van der Waals surface area contributed by atoms with Gasteiger partial charge in [-0.25, -0.2) is 4.79 Å². The Morgan fingerprint density at radius 1 is 1.23 bits per heavy atom. The molecule has 0 spiro atoms. The summed E-state index contributed by atoms with van der Waals surface area (Å²) in [7, 11) is 1.63. The smallest absolute Gasteiger partial charge is 0.312 e. The summed E-state index contributed by atoms with van der Waals surface area (Å²) in [6.07, 6.45) is 0.138. The number of ether oxygens (including phenoxy) is 1. The second kappa shape index (κ2) is 10.8. The van der Waals surface area contributed by atoms with Gasteiger partial charge in [0.1, 0.15) is 5.75 Å². The predicted octanol–water partition coefficient (Wildman–Crippen LogP) is 2.70. The Bertz CT molecular complexity index is 877. The molecule has 7 nitrogen and oxygen atoms in total. The molecule has 1 aliphatic rings. The van der Waals surface area contributed by atoms with E-state index in [9.17, 15) is 9.59 Å². The number of rotatable bonds is 6. The van der Waals surface area contributed by atoms with Gasteiger partial charge in [0.15, 0.2) is 0 Å². The fourth-order valence-electron chi connectivity index (χ4n) is 3.90. The van der Waals surface area contributed by atoms with Gasteiger partial charge in [0.25, 0.3) is 0 Å². The fourth-order valence-corrected chi connectivity index (χ4v) is 3.90. The van der Waals surface area contributed by atoms with Crippen molar-refractivity contribution in [2.75, 3.05) is 26.7 Å². The summed E-state index contributed by atoms with van der Waals surface area (Å²) in [5.74, 6) is 0.717. The van der Waals surface area contributed by atoms with E-state index in [0.29, 0.717) is 13.1 Å². The standard InChI is InChI=1S/C22H28N4O3.ClH/c1-15-7-3-4-8-16(15)18(25-22(23)28)13-21(27)26-12-11-24-14-19(26)17-9-5-6-10-20(17)29-2;/h3-10,18-19,24H,11-14H2,1-2H3,(H3,23,25,28);1H. The quantitative estimate of drug-likeness (QED) is 0.653. The third-order valence-corrected chi connectivity index (χ3v) is 5.32. The van der Waals surface area contributed by atoms with Crippen LogP contribution < -0.4 is 21.1 Å². The van der Waals surface area contributed by atoms with E-state index in [0.717, 1.165) is 29.0 Å². The number of urea groups is 1. The topological polar surface area (TPSA) is 96.7 Å². The normalized spacial score (nSPS) is 16.9. The molecule has 2 atom stereocenters. The van der Waals surface area contributed by atoms with Gasteiger partial charge in [-0.3, -0.25) is 4.79 Å². The molecule has 0 saturated carbocycles. The maximum atomic E-state index is 13.3. The number of halogens is 1. The minimum atomic E-state index is -0.646. The molecule has 1 aliphatic heterocycles. The zero-order chi connectivity index (χ0) is 20.8. The van der Waals surface area contributed by atoms with Crippen molar-refractivity contribution in [3.63, 3.8) is 0 Å². The lowest BCUT2D eigenvalue weighted by molar-refractivity contribution is -0.135. The highest BCUT2D eigenvalue weighted by molar-refractivity contribution is 5.85. The number of benzene rings is 2. The molecule has 0 bridgehead atoms. The Balaban J connectivity index is 0.00000320. The van der Waals surface area contributed by atoms with Crippen LogP contribution in [0.4, 0.5) is 4.79 Å². The third kappa shape index (κ3) is 5.43. The highest BCUT2D eigenvalue weighted by atomic mass is 35.5. The van der Waals surface area contributed by atoms with Crippen molar-refractivity contribution in [1.82, 2.24) is 15.5 Å². The van der Waals surface area contributed by atoms with Crippen LogP contribution in [0.3, 0.4) is 0 Å². The van der Waals surface area contributed by atoms with Crippen LogP contribution in [-0.4, -0.2) is 43.6 Å². The lowest BCUT2D eigenvalue weighted by Crippen LogP contribution is -2.49. The highest BCUT2D eigenvalue weighted by Gasteiger charge is 2.31. The molecule has 3 rings (SSSR count). The van der Waals surface area contributed by atoms with Gasteiger partial charge in [0, 0.05) is 25.2 Å². The number of primary amides is 1. The van der Waals surface area contributed by atoms with E-state index in [1.165, 1.54) is 0 Å². The van der Waals surface area contributed by atoms with Crippen LogP contribution in [0.25, 0.3) is 0 Å². The Hall–Kier alpha value is -2.77. The van der Waals surface area contributed by atoms with Crippen molar-refractivity contribution < 1.29 is 14.3 Å². The molecule has 30 heavy (non-hydrogen) atoms. The molecular weight excluding hydrogens is 404 g/mol. The van der Waals surface area contributed by atoms with Crippen LogP contribution >= 0.6 is 12.4 Å². The van der Waals surface area contributed by atoms with Crippen molar-refractivity contribution in [2.45, 2.75) is 25.4 Å². The molecule has 162 valence electrons. The largest absolute Gasteiger partial charge is 0.496 e. The second-order valence-electron chi connectivity index (χ2n) is 7.17. The summed E-state index contributed by atoms with van der Waals surface area (Å²) >= 11 is 0. The molecule has 0 radical (unpaired) electrons. The predicted molar refractivity (Wildman–Crippen MR) is 119 cm³/mol. The molecule has 1 saturated heterocycles. The van der Waals surface area contributed by atoms with Gasteiger partial charge in [0.2, 0.25) is 5.91 Å².